The van der Waals surface area contributed by atoms with Crippen molar-refractivity contribution in [2.75, 3.05) is 13.7 Å². The number of carbonyl (C=O) groups excluding carboxylic acids is 1. The number of amides is 1. The second-order valence-electron chi connectivity index (χ2n) is 6.74. The maximum atomic E-state index is 12.3. The summed E-state index contributed by atoms with van der Waals surface area (Å²) in [6, 6.07) is 1.44. The van der Waals surface area contributed by atoms with Crippen molar-refractivity contribution < 1.29 is 14.0 Å². The summed E-state index contributed by atoms with van der Waals surface area (Å²) >= 11 is 0. The molecule has 0 unspecified atom stereocenters. The predicted molar refractivity (Wildman–Crippen MR) is 82.8 cm³/mol. The standard InChI is InChI=1S/C15H24N2O3Si/c1-8-9-17-11(10-16)12(13(19-5)14(17)18)20-21(6,7)15(2,3)4/h1,11-13H,9H2,2-7H3/t11-,12+,13-/m1/s1. The van der Waals surface area contributed by atoms with E-state index in [1.54, 1.807) is 0 Å². The summed E-state index contributed by atoms with van der Waals surface area (Å²) in [6.07, 6.45) is 3.93. The van der Waals surface area contributed by atoms with Crippen LogP contribution in [0.25, 0.3) is 0 Å². The maximum Gasteiger partial charge on any atom is 0.256 e. The first-order valence-corrected chi connectivity index (χ1v) is 9.85. The van der Waals surface area contributed by atoms with Gasteiger partial charge in [-0.3, -0.25) is 4.79 Å². The molecule has 0 bridgehead atoms. The minimum Gasteiger partial charge on any atom is -0.407 e. The van der Waals surface area contributed by atoms with Crippen molar-refractivity contribution in [3.8, 4) is 18.4 Å². The van der Waals surface area contributed by atoms with Gasteiger partial charge in [0.05, 0.1) is 12.6 Å². The molecule has 0 aromatic carbocycles. The highest BCUT2D eigenvalue weighted by Crippen LogP contribution is 2.39. The Hall–Kier alpha value is -1.34. The number of hydrogen-bond donors (Lipinski definition) is 0. The zero-order valence-corrected chi connectivity index (χ0v) is 14.6. The van der Waals surface area contributed by atoms with E-state index in [2.05, 4.69) is 45.9 Å². The smallest absolute Gasteiger partial charge is 0.256 e. The van der Waals surface area contributed by atoms with Crippen LogP contribution in [0.15, 0.2) is 0 Å². The number of likely N-dealkylation sites (tertiary alicyclic amines) is 1. The summed E-state index contributed by atoms with van der Waals surface area (Å²) in [7, 11) is -0.673. The fraction of sp³-hybridized carbons (Fsp3) is 0.733. The van der Waals surface area contributed by atoms with Crippen LogP contribution >= 0.6 is 0 Å². The molecule has 0 N–H and O–H groups in total. The lowest BCUT2D eigenvalue weighted by molar-refractivity contribution is -0.137. The first kappa shape index (κ1) is 17.7. The average molecular weight is 308 g/mol. The molecule has 0 spiro atoms. The largest absolute Gasteiger partial charge is 0.407 e. The van der Waals surface area contributed by atoms with E-state index in [4.69, 9.17) is 15.6 Å². The Kier molecular flexibility index (Phi) is 5.22. The van der Waals surface area contributed by atoms with E-state index in [1.807, 2.05) is 0 Å². The Morgan fingerprint density at radius 1 is 1.43 bits per heavy atom. The van der Waals surface area contributed by atoms with Crippen molar-refractivity contribution in [2.45, 2.75) is 57.2 Å². The molecule has 1 saturated heterocycles. The molecule has 0 radical (unpaired) electrons. The van der Waals surface area contributed by atoms with Crippen LogP contribution in [0.3, 0.4) is 0 Å². The summed E-state index contributed by atoms with van der Waals surface area (Å²) in [6.45, 7) is 10.6. The highest BCUT2D eigenvalue weighted by molar-refractivity contribution is 6.74. The minimum atomic E-state index is -2.13. The number of ether oxygens (including phenoxy) is 1. The van der Waals surface area contributed by atoms with Crippen LogP contribution < -0.4 is 0 Å². The highest BCUT2D eigenvalue weighted by atomic mass is 28.4. The Balaban J connectivity index is 3.12. The third-order valence-electron chi connectivity index (χ3n) is 4.36. The van der Waals surface area contributed by atoms with Crippen LogP contribution in [0, 0.1) is 23.7 Å². The number of nitriles is 1. The quantitative estimate of drug-likeness (QED) is 0.586. The number of terminal acetylenes is 1. The summed E-state index contributed by atoms with van der Waals surface area (Å²) < 4.78 is 11.6. The lowest BCUT2D eigenvalue weighted by Crippen LogP contribution is -2.49. The Bertz CT molecular complexity index is 485. The van der Waals surface area contributed by atoms with Crippen LogP contribution in [0.1, 0.15) is 20.8 Å². The predicted octanol–water partition coefficient (Wildman–Crippen LogP) is 1.76. The molecule has 0 aromatic rings. The van der Waals surface area contributed by atoms with Gasteiger partial charge in [0.2, 0.25) is 0 Å². The number of nitrogens with zero attached hydrogens (tertiary/aromatic N) is 2. The molecule has 21 heavy (non-hydrogen) atoms. The number of hydrogen-bond acceptors (Lipinski definition) is 4. The first-order chi connectivity index (χ1) is 9.60. The monoisotopic (exact) mass is 308 g/mol. The van der Waals surface area contributed by atoms with Crippen molar-refractivity contribution in [2.24, 2.45) is 0 Å². The fourth-order valence-corrected chi connectivity index (χ4v) is 3.37. The molecule has 3 atom stereocenters. The lowest BCUT2D eigenvalue weighted by atomic mass is 10.1. The second kappa shape index (κ2) is 6.19. The fourth-order valence-electron chi connectivity index (χ4n) is 2.08. The van der Waals surface area contributed by atoms with Crippen molar-refractivity contribution in [3.05, 3.63) is 0 Å². The van der Waals surface area contributed by atoms with Gasteiger partial charge in [0, 0.05) is 7.11 Å². The van der Waals surface area contributed by atoms with Gasteiger partial charge in [-0.1, -0.05) is 26.7 Å². The molecule has 1 fully saturated rings. The topological polar surface area (TPSA) is 62.6 Å². The Labute approximate surface area is 128 Å². The number of rotatable bonds is 4. The average Bonchev–Trinajstić information content (AvgIpc) is 2.60. The molecule has 0 aliphatic carbocycles. The Morgan fingerprint density at radius 2 is 2.00 bits per heavy atom. The van der Waals surface area contributed by atoms with Crippen molar-refractivity contribution in [3.63, 3.8) is 0 Å². The number of carbonyl (C=O) groups is 1. The van der Waals surface area contributed by atoms with Gasteiger partial charge in [-0.25, -0.2) is 0 Å². The molecule has 1 rings (SSSR count). The first-order valence-electron chi connectivity index (χ1n) is 6.95. The molecule has 1 amide bonds. The molecule has 6 heteroatoms. The van der Waals surface area contributed by atoms with Gasteiger partial charge >= 0.3 is 0 Å². The summed E-state index contributed by atoms with van der Waals surface area (Å²) in [5.41, 5.74) is 0. The third kappa shape index (κ3) is 3.29. The van der Waals surface area contributed by atoms with Gasteiger partial charge in [0.25, 0.3) is 5.91 Å². The van der Waals surface area contributed by atoms with Crippen molar-refractivity contribution >= 4 is 14.2 Å². The van der Waals surface area contributed by atoms with Crippen LogP contribution in [-0.2, 0) is 14.0 Å². The van der Waals surface area contributed by atoms with Crippen LogP contribution in [0.2, 0.25) is 18.1 Å². The van der Waals surface area contributed by atoms with E-state index < -0.39 is 26.6 Å². The summed E-state index contributed by atoms with van der Waals surface area (Å²) in [5, 5.41) is 9.41. The summed E-state index contributed by atoms with van der Waals surface area (Å²) in [5.74, 6) is 2.14. The van der Waals surface area contributed by atoms with Gasteiger partial charge in [-0.2, -0.15) is 5.26 Å². The van der Waals surface area contributed by atoms with E-state index in [0.717, 1.165) is 0 Å². The maximum absolute atomic E-state index is 12.3. The molecule has 5 nitrogen and oxygen atoms in total. The second-order valence-corrected chi connectivity index (χ2v) is 11.5. The lowest BCUT2D eigenvalue weighted by Gasteiger charge is -2.39. The van der Waals surface area contributed by atoms with E-state index in [0.29, 0.717) is 0 Å². The Morgan fingerprint density at radius 3 is 2.38 bits per heavy atom. The SMILES string of the molecule is C#CCN1C(=O)[C@H](OC)[C@@H](O[Si](C)(C)C(C)(C)C)[C@H]1C#N. The van der Waals surface area contributed by atoms with E-state index in [9.17, 15) is 10.1 Å². The van der Waals surface area contributed by atoms with Crippen LogP contribution in [0.4, 0.5) is 0 Å². The molecule has 1 aliphatic heterocycles. The molecule has 116 valence electrons. The highest BCUT2D eigenvalue weighted by Gasteiger charge is 2.53. The zero-order chi connectivity index (χ0) is 16.4. The van der Waals surface area contributed by atoms with Gasteiger partial charge in [-0.05, 0) is 18.1 Å². The van der Waals surface area contributed by atoms with Gasteiger partial charge in [0.1, 0.15) is 12.1 Å². The van der Waals surface area contributed by atoms with Gasteiger partial charge in [-0.15, -0.1) is 6.42 Å². The minimum absolute atomic E-state index is 0.0200. The van der Waals surface area contributed by atoms with Crippen molar-refractivity contribution in [1.82, 2.24) is 4.90 Å². The van der Waals surface area contributed by atoms with E-state index >= 15 is 0 Å². The van der Waals surface area contributed by atoms with Crippen molar-refractivity contribution in [1.29, 1.82) is 5.26 Å². The molecular formula is C15H24N2O3Si. The molecule has 0 aromatic heterocycles. The number of methoxy groups -OCH3 is 1. The van der Waals surface area contributed by atoms with Crippen LogP contribution in [0.5, 0.6) is 0 Å². The zero-order valence-electron chi connectivity index (χ0n) is 13.6. The van der Waals surface area contributed by atoms with Gasteiger partial charge < -0.3 is 14.1 Å². The molecule has 1 aliphatic rings. The molecular weight excluding hydrogens is 284 g/mol. The van der Waals surface area contributed by atoms with E-state index in [1.165, 1.54) is 12.0 Å². The van der Waals surface area contributed by atoms with E-state index in [-0.39, 0.29) is 17.5 Å². The summed E-state index contributed by atoms with van der Waals surface area (Å²) in [4.78, 5) is 13.7. The third-order valence-corrected chi connectivity index (χ3v) is 8.83. The molecule has 0 saturated carbocycles. The molecule has 1 heterocycles. The normalized spacial score (nSPS) is 26.6. The van der Waals surface area contributed by atoms with Gasteiger partial charge in [0.15, 0.2) is 14.4 Å². The van der Waals surface area contributed by atoms with Crippen LogP contribution in [-0.4, -0.2) is 51.0 Å².